The molecule has 12 unspecified atom stereocenters. The van der Waals surface area contributed by atoms with Crippen molar-refractivity contribution in [2.75, 3.05) is 127 Å². The Hall–Kier alpha value is -4.02. The van der Waals surface area contributed by atoms with Crippen LogP contribution in [-0.4, -0.2) is 246 Å². The van der Waals surface area contributed by atoms with Gasteiger partial charge in [0, 0.05) is 103 Å². The van der Waals surface area contributed by atoms with E-state index in [2.05, 4.69) is 128 Å². The number of aryl methyl sites for hydroxylation is 3. The second-order valence-electron chi connectivity index (χ2n) is 24.4. The lowest BCUT2D eigenvalue weighted by molar-refractivity contribution is -0.141. The number of amides is 1. The highest BCUT2D eigenvalue weighted by Gasteiger charge is 2.27. The van der Waals surface area contributed by atoms with E-state index in [4.69, 9.17) is 56.3 Å². The monoisotopic (exact) mass is 1500 g/mol. The largest absolute Gasteiger partial charge is 0.481 e. The number of oxime groups is 2. The van der Waals surface area contributed by atoms with Gasteiger partial charge in [-0.05, 0) is 177 Å². The number of nitrogens with two attached hydrogens (primary N) is 4. The predicted molar refractivity (Wildman–Crippen MR) is 425 cm³/mol. The van der Waals surface area contributed by atoms with Crippen molar-refractivity contribution in [2.45, 2.75) is 178 Å². The molecule has 0 aromatic carbocycles. The van der Waals surface area contributed by atoms with Gasteiger partial charge in [-0.3, -0.25) is 9.59 Å². The summed E-state index contributed by atoms with van der Waals surface area (Å²) in [5, 5.41) is 52.7. The number of carboxylic acid groups (broad SMARTS) is 1. The Morgan fingerprint density at radius 1 is 0.566 bits per heavy atom. The minimum atomic E-state index is -0.833. The molecule has 7 fully saturated rings. The molecule has 576 valence electrons. The van der Waals surface area contributed by atoms with Gasteiger partial charge in [-0.1, -0.05) is 61.1 Å². The highest BCUT2D eigenvalue weighted by atomic mass is 31.0. The quantitative estimate of drug-likeness (QED) is 0.0246. The Kier molecular flexibility index (Phi) is 70.9. The van der Waals surface area contributed by atoms with Crippen LogP contribution in [0.2, 0.25) is 20.5 Å². The summed E-state index contributed by atoms with van der Waals surface area (Å²) in [6, 6.07) is 2.29. The van der Waals surface area contributed by atoms with Crippen LogP contribution in [0, 0.1) is 55.8 Å². The Labute approximate surface area is 612 Å². The second kappa shape index (κ2) is 64.8. The summed E-state index contributed by atoms with van der Waals surface area (Å²) in [6.07, 6.45) is 15.8. The first kappa shape index (κ1) is 108. The van der Waals surface area contributed by atoms with Crippen molar-refractivity contribution in [3.8, 4) is 6.07 Å². The van der Waals surface area contributed by atoms with Gasteiger partial charge in [-0.2, -0.15) is 69.7 Å². The maximum atomic E-state index is 10.7. The first-order chi connectivity index (χ1) is 43.9. The zero-order chi connectivity index (χ0) is 69.0. The number of nitrogens with one attached hydrogen (secondary N) is 1. The molecule has 1 amide bonds. The molecule has 10 heterocycles. The summed E-state index contributed by atoms with van der Waals surface area (Å²) >= 11 is 0. The van der Waals surface area contributed by atoms with Gasteiger partial charge in [0.2, 0.25) is 31.0 Å². The average molecular weight is 1500 g/mol. The van der Waals surface area contributed by atoms with Crippen LogP contribution in [0.4, 0.5) is 0 Å². The lowest BCUT2D eigenvalue weighted by Crippen LogP contribution is -2.39. The minimum absolute atomic E-state index is 0. The van der Waals surface area contributed by atoms with Crippen molar-refractivity contribution < 1.29 is 48.3 Å². The summed E-state index contributed by atoms with van der Waals surface area (Å²) in [4.78, 5) is 60.9. The van der Waals surface area contributed by atoms with Crippen molar-refractivity contribution in [2.24, 2.45) is 57.1 Å². The molecule has 0 aliphatic carbocycles. The molecule has 2 radical (unpaired) electrons. The predicted octanol–water partition coefficient (Wildman–Crippen LogP) is 5.94. The SMILES string of the molecule is C.C.CC(=O)O.CC(=O)O/N=C(/N)C1CCCN(C)C1.CN1CCCC(/C(N)=N/O)C1.CN1CCCC(C#N)C1.CN1CCCC(C(N)=O)C1.C[B]C.C[B]N1CCCC(c2noc(C)n2)C1.Cc1nc(C2CCCN(C)C2)no1.Cc1nc(C2CCCNC2)no1.NO.P.P.P.P.P. The first-order valence-electron chi connectivity index (χ1n) is 32.4. The number of likely N-dealkylation sites (tertiary alicyclic amines) is 5. The van der Waals surface area contributed by atoms with Crippen molar-refractivity contribution in [1.29, 1.82) is 5.26 Å². The van der Waals surface area contributed by atoms with E-state index in [0.29, 0.717) is 53.0 Å². The molecule has 3 aromatic rings. The van der Waals surface area contributed by atoms with Crippen LogP contribution in [0.15, 0.2) is 23.9 Å². The molecular formula is C62H137B2N20O10P5. The molecule has 3 aromatic heterocycles. The van der Waals surface area contributed by atoms with E-state index in [-0.39, 0.29) is 88.0 Å². The maximum Gasteiger partial charge on any atom is 0.332 e. The van der Waals surface area contributed by atoms with Gasteiger partial charge >= 0.3 is 5.97 Å². The van der Waals surface area contributed by atoms with Crippen LogP contribution < -0.4 is 28.4 Å². The topological polar surface area (TPSA) is 422 Å². The zero-order valence-electron chi connectivity index (χ0n) is 61.2. The summed E-state index contributed by atoms with van der Waals surface area (Å²) in [5.41, 5.74) is 16.4. The standard InChI is InChI=1S/C9H15BN3O.C9H17N3O2.C9H15N3O.C8H13N3O.C7H15N3O.C7H14N2O.C7H12N2.C2H6B.C2H4O2.2CH4.H3NO.5H3P/c1-7-11-9(12-14-7)8-4-3-5-13(6-8)10-2;1-7(13)14-11-9(10)8-4-3-5-12(2)6-8;1-7-10-9(11-13-7)8-4-3-5-12(2)6-8;1-6-10-8(11-12-6)7-3-2-4-9-5-7;1-10-4-2-3-6(5-10)7(8)9-11;1-9-4-2-3-6(5-9)7(8)10;1-9-4-2-3-7(5-8)6-9;1-3-2;1-2(3)4;;;1-2;;;;;/h8H,3-6H2,1-2H3;8H,3-6H2,1-2H3,(H2,10,11);8H,3-6H2,1-2H3;7,9H,2-5H2,1H3;6,11H,2-5H2,1H3,(H2,8,9);6H,2-5H2,1H3,(H2,8,10);7H,2-4,6H2,1H3;1-2H3;1H3,(H,3,4);2*1H4;2H,1H2;5*1H3. The van der Waals surface area contributed by atoms with Crippen molar-refractivity contribution >= 4 is 93.7 Å². The van der Waals surface area contributed by atoms with E-state index in [0.717, 1.165) is 154 Å². The molecule has 7 aliphatic heterocycles. The number of primary amides is 1. The van der Waals surface area contributed by atoms with Crippen LogP contribution in [0.25, 0.3) is 0 Å². The molecule has 99 heavy (non-hydrogen) atoms. The first-order valence-corrected chi connectivity index (χ1v) is 32.4. The number of nitrogens with zero attached hydrogens (tertiary/aromatic N) is 15. The number of hydrogen-bond acceptors (Lipinski definition) is 26. The molecule has 30 nitrogen and oxygen atoms in total. The van der Waals surface area contributed by atoms with Gasteiger partial charge in [0.15, 0.2) is 17.5 Å². The smallest absolute Gasteiger partial charge is 0.332 e. The lowest BCUT2D eigenvalue weighted by Gasteiger charge is -2.29. The van der Waals surface area contributed by atoms with Crippen LogP contribution in [0.3, 0.4) is 0 Å². The molecular weight excluding hydrogens is 1360 g/mol. The number of carbonyl (C=O) groups is 3. The summed E-state index contributed by atoms with van der Waals surface area (Å²) in [5.74, 6) is 9.71. The van der Waals surface area contributed by atoms with Gasteiger partial charge < -0.3 is 85.8 Å². The Bertz CT molecular complexity index is 2560. The molecule has 7 saturated heterocycles. The Morgan fingerprint density at radius 3 is 1.24 bits per heavy atom. The van der Waals surface area contributed by atoms with Gasteiger partial charge in [0.05, 0.1) is 17.9 Å². The molecule has 0 spiro atoms. The number of carbonyl (C=O) groups excluding carboxylic acids is 2. The lowest BCUT2D eigenvalue weighted by atomic mass is 9.87. The number of aliphatic carboxylic acids is 1. The fourth-order valence-corrected chi connectivity index (χ4v) is 11.1. The second-order valence-corrected chi connectivity index (χ2v) is 24.4. The van der Waals surface area contributed by atoms with E-state index in [1.54, 1.807) is 0 Å². The number of aromatic nitrogens is 6. The summed E-state index contributed by atoms with van der Waals surface area (Å²) < 4.78 is 14.9. The maximum absolute atomic E-state index is 10.7. The number of nitriles is 1. The average Bonchev–Trinajstić information content (AvgIpc) is 1.82. The molecule has 10 rings (SSSR count). The fourth-order valence-electron chi connectivity index (χ4n) is 11.1. The van der Waals surface area contributed by atoms with E-state index in [1.165, 1.54) is 58.4 Å². The number of rotatable bonds is 8. The molecule has 0 saturated carbocycles. The highest BCUT2D eigenvalue weighted by molar-refractivity contribution is 6.92. The van der Waals surface area contributed by atoms with E-state index < -0.39 is 11.9 Å². The third-order valence-electron chi connectivity index (χ3n) is 15.8. The van der Waals surface area contributed by atoms with Crippen molar-refractivity contribution in [3.05, 3.63) is 35.1 Å². The van der Waals surface area contributed by atoms with Crippen LogP contribution in [-0.2, 0) is 19.2 Å². The van der Waals surface area contributed by atoms with E-state index >= 15 is 0 Å². The normalized spacial score (nSPS) is 22.3. The number of piperidine rings is 7. The number of carboxylic acids is 1. The van der Waals surface area contributed by atoms with Crippen LogP contribution in [0.1, 0.15) is 171 Å². The third-order valence-corrected chi connectivity index (χ3v) is 15.8. The van der Waals surface area contributed by atoms with Crippen LogP contribution in [0.5, 0.6) is 0 Å². The van der Waals surface area contributed by atoms with Crippen LogP contribution >= 0.6 is 49.5 Å². The molecule has 7 aliphatic rings. The summed E-state index contributed by atoms with van der Waals surface area (Å²) in [6.45, 7) is 28.6. The molecule has 12 atom stereocenters. The highest BCUT2D eigenvalue weighted by Crippen LogP contribution is 2.26. The molecule has 0 bridgehead atoms. The fraction of sp³-hybridized carbons (Fsp3) is 0.806. The number of hydrogen-bond donors (Lipinski definition) is 8. The Balaban J connectivity index is -0.000000194. The molecule has 37 heteroatoms. The minimum Gasteiger partial charge on any atom is -0.481 e. The van der Waals surface area contributed by atoms with Gasteiger partial charge in [-0.15, -0.1) is 0 Å². The number of amidine groups is 2. The zero-order valence-corrected chi connectivity index (χ0v) is 68.3. The number of likely N-dealkylation sites (N-methyl/N-ethyl adjacent to an activating group) is 1. The third kappa shape index (κ3) is 50.1. The van der Waals surface area contributed by atoms with Crippen molar-refractivity contribution in [1.82, 2.24) is 65.0 Å². The van der Waals surface area contributed by atoms with Gasteiger partial charge in [0.1, 0.15) is 19.0 Å². The van der Waals surface area contributed by atoms with E-state index in [9.17, 15) is 9.59 Å². The molecule has 12 N–H and O–H groups in total. The van der Waals surface area contributed by atoms with Gasteiger partial charge in [-0.25, -0.2) is 10.7 Å². The van der Waals surface area contributed by atoms with Gasteiger partial charge in [0.25, 0.3) is 5.97 Å². The van der Waals surface area contributed by atoms with E-state index in [1.807, 2.05) is 55.8 Å². The van der Waals surface area contributed by atoms with Crippen molar-refractivity contribution in [3.63, 3.8) is 0 Å². The Morgan fingerprint density at radius 2 is 0.919 bits per heavy atom. The summed E-state index contributed by atoms with van der Waals surface area (Å²) in [7, 11) is 14.5.